The van der Waals surface area contributed by atoms with Crippen LogP contribution in [0, 0.1) is 5.92 Å². The first kappa shape index (κ1) is 18.6. The highest BCUT2D eigenvalue weighted by atomic mass is 19.4. The van der Waals surface area contributed by atoms with Crippen LogP contribution in [0.1, 0.15) is 51.1 Å². The van der Waals surface area contributed by atoms with Crippen LogP contribution in [0.5, 0.6) is 5.75 Å². The lowest BCUT2D eigenvalue weighted by molar-refractivity contribution is -0.274. The second-order valence-corrected chi connectivity index (χ2v) is 6.65. The van der Waals surface area contributed by atoms with Gasteiger partial charge in [-0.2, -0.15) is 0 Å². The van der Waals surface area contributed by atoms with Crippen LogP contribution in [0.4, 0.5) is 13.2 Å². The van der Waals surface area contributed by atoms with Crippen LogP contribution in [-0.4, -0.2) is 17.8 Å². The number of hydrogen-bond acceptors (Lipinski definition) is 3. The topological polar surface area (TPSA) is 64.4 Å². The van der Waals surface area contributed by atoms with Crippen LogP contribution >= 0.6 is 0 Å². The van der Waals surface area contributed by atoms with Crippen molar-refractivity contribution in [2.24, 2.45) is 11.7 Å². The number of nitrogens with one attached hydrogen (secondary N) is 1. The number of carbonyl (C=O) groups excluding carboxylic acids is 1. The van der Waals surface area contributed by atoms with Gasteiger partial charge in [-0.15, -0.1) is 13.2 Å². The third kappa shape index (κ3) is 4.87. The predicted octanol–water partition coefficient (Wildman–Crippen LogP) is 3.67. The van der Waals surface area contributed by atoms with E-state index in [1.807, 2.05) is 6.92 Å². The van der Waals surface area contributed by atoms with Crippen LogP contribution in [-0.2, 0) is 4.79 Å². The van der Waals surface area contributed by atoms with Crippen molar-refractivity contribution in [3.63, 3.8) is 0 Å². The van der Waals surface area contributed by atoms with Gasteiger partial charge < -0.3 is 15.8 Å². The highest BCUT2D eigenvalue weighted by Gasteiger charge is 2.38. The monoisotopic (exact) mass is 344 g/mol. The predicted molar refractivity (Wildman–Crippen MR) is 84.2 cm³/mol. The standard InChI is InChI=1S/C17H23F3N2O2/c1-11(12-6-8-13(9-7-12)24-17(18,19)20)22-15(23)14-5-3-4-10-16(14,2)21/h6-9,11,14H,3-5,10,21H2,1-2H3,(H,22,23). The summed E-state index contributed by atoms with van der Waals surface area (Å²) in [4.78, 5) is 12.5. The van der Waals surface area contributed by atoms with Gasteiger partial charge in [0.05, 0.1) is 12.0 Å². The zero-order valence-corrected chi connectivity index (χ0v) is 13.8. The zero-order chi connectivity index (χ0) is 18.0. The van der Waals surface area contributed by atoms with Crippen molar-refractivity contribution in [2.45, 2.75) is 57.5 Å². The Labute approximate surface area is 139 Å². The molecule has 1 aromatic rings. The Balaban J connectivity index is 1.99. The average molecular weight is 344 g/mol. The minimum atomic E-state index is -4.71. The Morgan fingerprint density at radius 1 is 1.33 bits per heavy atom. The molecule has 0 bridgehead atoms. The SMILES string of the molecule is CC(NC(=O)C1CCCCC1(C)N)c1ccc(OC(F)(F)F)cc1. The first-order valence-electron chi connectivity index (χ1n) is 8.03. The number of amides is 1. The van der Waals surface area contributed by atoms with Crippen molar-refractivity contribution in [3.05, 3.63) is 29.8 Å². The fraction of sp³-hybridized carbons (Fsp3) is 0.588. The van der Waals surface area contributed by atoms with E-state index >= 15 is 0 Å². The molecular formula is C17H23F3N2O2. The summed E-state index contributed by atoms with van der Waals surface area (Å²) in [5.41, 5.74) is 6.41. The molecule has 3 unspecified atom stereocenters. The number of carbonyl (C=O) groups is 1. The van der Waals surface area contributed by atoms with Crippen molar-refractivity contribution >= 4 is 5.91 Å². The molecule has 1 aliphatic rings. The quantitative estimate of drug-likeness (QED) is 0.876. The smallest absolute Gasteiger partial charge is 0.406 e. The van der Waals surface area contributed by atoms with Crippen molar-refractivity contribution < 1.29 is 22.7 Å². The Kier molecular flexibility index (Phi) is 5.42. The number of alkyl halides is 3. The summed E-state index contributed by atoms with van der Waals surface area (Å²) in [6.45, 7) is 3.68. The molecule has 0 heterocycles. The largest absolute Gasteiger partial charge is 0.573 e. The van der Waals surface area contributed by atoms with Crippen LogP contribution in [0.15, 0.2) is 24.3 Å². The molecule has 1 aromatic carbocycles. The van der Waals surface area contributed by atoms with Crippen molar-refractivity contribution in [1.82, 2.24) is 5.32 Å². The molecule has 1 fully saturated rings. The Bertz CT molecular complexity index is 570. The molecular weight excluding hydrogens is 321 g/mol. The molecule has 0 radical (unpaired) electrons. The molecule has 0 aromatic heterocycles. The van der Waals surface area contributed by atoms with Gasteiger partial charge in [-0.05, 0) is 44.4 Å². The van der Waals surface area contributed by atoms with E-state index in [1.54, 1.807) is 6.92 Å². The molecule has 3 N–H and O–H groups in total. The van der Waals surface area contributed by atoms with E-state index in [0.717, 1.165) is 25.7 Å². The third-order valence-electron chi connectivity index (χ3n) is 4.54. The molecule has 1 saturated carbocycles. The van der Waals surface area contributed by atoms with E-state index in [4.69, 9.17) is 5.73 Å². The van der Waals surface area contributed by atoms with Crippen molar-refractivity contribution in [3.8, 4) is 5.75 Å². The Morgan fingerprint density at radius 2 is 1.96 bits per heavy atom. The molecule has 134 valence electrons. The Morgan fingerprint density at radius 3 is 2.50 bits per heavy atom. The second kappa shape index (κ2) is 7.01. The highest BCUT2D eigenvalue weighted by molar-refractivity contribution is 5.80. The van der Waals surface area contributed by atoms with E-state index in [-0.39, 0.29) is 23.6 Å². The van der Waals surface area contributed by atoms with Gasteiger partial charge in [-0.1, -0.05) is 25.0 Å². The first-order chi connectivity index (χ1) is 11.1. The van der Waals surface area contributed by atoms with E-state index in [2.05, 4.69) is 10.1 Å². The molecule has 24 heavy (non-hydrogen) atoms. The van der Waals surface area contributed by atoms with Gasteiger partial charge in [0.1, 0.15) is 5.75 Å². The molecule has 7 heteroatoms. The summed E-state index contributed by atoms with van der Waals surface area (Å²) >= 11 is 0. The lowest BCUT2D eigenvalue weighted by Gasteiger charge is -2.37. The summed E-state index contributed by atoms with van der Waals surface area (Å²) in [6.07, 6.45) is -1.16. The first-order valence-corrected chi connectivity index (χ1v) is 8.03. The summed E-state index contributed by atoms with van der Waals surface area (Å²) in [5.74, 6) is -0.643. The van der Waals surface area contributed by atoms with E-state index in [1.165, 1.54) is 24.3 Å². The minimum absolute atomic E-state index is 0.109. The van der Waals surface area contributed by atoms with Crippen LogP contribution < -0.4 is 15.8 Å². The van der Waals surface area contributed by atoms with Gasteiger partial charge in [-0.3, -0.25) is 4.79 Å². The molecule has 3 atom stereocenters. The number of halogens is 3. The number of ether oxygens (including phenoxy) is 1. The highest BCUT2D eigenvalue weighted by Crippen LogP contribution is 2.32. The summed E-state index contributed by atoms with van der Waals surface area (Å²) in [5, 5.41) is 2.91. The average Bonchev–Trinajstić information content (AvgIpc) is 2.45. The summed E-state index contributed by atoms with van der Waals surface area (Å²) in [6, 6.07) is 5.16. The van der Waals surface area contributed by atoms with Gasteiger partial charge in [0.2, 0.25) is 5.91 Å². The van der Waals surface area contributed by atoms with Crippen LogP contribution in [0.2, 0.25) is 0 Å². The maximum Gasteiger partial charge on any atom is 0.573 e. The van der Waals surface area contributed by atoms with Crippen LogP contribution in [0.25, 0.3) is 0 Å². The fourth-order valence-corrected chi connectivity index (χ4v) is 3.14. The van der Waals surface area contributed by atoms with Gasteiger partial charge in [0, 0.05) is 5.54 Å². The van der Waals surface area contributed by atoms with Gasteiger partial charge in [0.25, 0.3) is 0 Å². The zero-order valence-electron chi connectivity index (χ0n) is 13.8. The number of benzene rings is 1. The number of hydrogen-bond donors (Lipinski definition) is 2. The normalized spacial score (nSPS) is 25.8. The van der Waals surface area contributed by atoms with Crippen molar-refractivity contribution in [1.29, 1.82) is 0 Å². The lowest BCUT2D eigenvalue weighted by Crippen LogP contribution is -2.53. The van der Waals surface area contributed by atoms with Gasteiger partial charge in [0.15, 0.2) is 0 Å². The van der Waals surface area contributed by atoms with Crippen molar-refractivity contribution in [2.75, 3.05) is 0 Å². The number of nitrogens with two attached hydrogens (primary N) is 1. The Hall–Kier alpha value is -1.76. The molecule has 0 aliphatic heterocycles. The third-order valence-corrected chi connectivity index (χ3v) is 4.54. The lowest BCUT2D eigenvalue weighted by atomic mass is 9.74. The fourth-order valence-electron chi connectivity index (χ4n) is 3.14. The van der Waals surface area contributed by atoms with E-state index < -0.39 is 11.9 Å². The molecule has 0 spiro atoms. The summed E-state index contributed by atoms with van der Waals surface area (Å²) in [7, 11) is 0. The van der Waals surface area contributed by atoms with E-state index in [9.17, 15) is 18.0 Å². The van der Waals surface area contributed by atoms with Gasteiger partial charge >= 0.3 is 6.36 Å². The molecule has 2 rings (SSSR count). The maximum atomic E-state index is 12.5. The van der Waals surface area contributed by atoms with Crippen LogP contribution in [0.3, 0.4) is 0 Å². The maximum absolute atomic E-state index is 12.5. The number of rotatable bonds is 4. The molecule has 1 amide bonds. The minimum Gasteiger partial charge on any atom is -0.406 e. The molecule has 4 nitrogen and oxygen atoms in total. The summed E-state index contributed by atoms with van der Waals surface area (Å²) < 4.78 is 40.3. The molecule has 0 saturated heterocycles. The van der Waals surface area contributed by atoms with Gasteiger partial charge in [-0.25, -0.2) is 0 Å². The van der Waals surface area contributed by atoms with E-state index in [0.29, 0.717) is 5.56 Å². The second-order valence-electron chi connectivity index (χ2n) is 6.65. The molecule has 1 aliphatic carbocycles.